The molecule has 1 aromatic heterocycles. The number of anilines is 2. The minimum atomic E-state index is -1.39. The van der Waals surface area contributed by atoms with Gasteiger partial charge in [-0.1, -0.05) is 0 Å². The summed E-state index contributed by atoms with van der Waals surface area (Å²) in [5.74, 6) is -1.73. The zero-order chi connectivity index (χ0) is 28.2. The first-order valence-corrected chi connectivity index (χ1v) is 14.1. The van der Waals surface area contributed by atoms with Crippen molar-refractivity contribution in [1.29, 1.82) is 0 Å². The summed E-state index contributed by atoms with van der Waals surface area (Å²) < 4.78 is 39.0. The van der Waals surface area contributed by atoms with Crippen molar-refractivity contribution < 1.29 is 23.6 Å². The lowest BCUT2D eigenvalue weighted by Gasteiger charge is -2.40. The summed E-state index contributed by atoms with van der Waals surface area (Å²) >= 11 is -1.39. The van der Waals surface area contributed by atoms with E-state index in [4.69, 9.17) is 4.74 Å². The predicted molar refractivity (Wildman–Crippen MR) is 150 cm³/mol. The fourth-order valence-electron chi connectivity index (χ4n) is 5.53. The number of carboxylic acids is 1. The number of pyridine rings is 1. The van der Waals surface area contributed by atoms with E-state index in [0.29, 0.717) is 30.0 Å². The first kappa shape index (κ1) is 27.3. The maximum absolute atomic E-state index is 16.1. The van der Waals surface area contributed by atoms with Crippen molar-refractivity contribution in [1.82, 2.24) is 8.87 Å². The number of fused-ring (bicyclic) bond motifs is 1. The Morgan fingerprint density at radius 2 is 1.97 bits per heavy atom. The molecule has 2 N–H and O–H groups in total. The van der Waals surface area contributed by atoms with Crippen LogP contribution < -0.4 is 20.4 Å². The number of aromatic carboxylic acids is 1. The van der Waals surface area contributed by atoms with Gasteiger partial charge in [-0.25, -0.2) is 9.18 Å². The molecule has 39 heavy (non-hydrogen) atoms. The van der Waals surface area contributed by atoms with Crippen LogP contribution in [0.4, 0.5) is 15.8 Å². The summed E-state index contributed by atoms with van der Waals surface area (Å²) in [6.45, 7) is 6.63. The molecule has 1 saturated heterocycles. The van der Waals surface area contributed by atoms with Crippen LogP contribution in [0.5, 0.6) is 5.75 Å². The van der Waals surface area contributed by atoms with Crippen LogP contribution in [0.1, 0.15) is 47.3 Å². The van der Waals surface area contributed by atoms with Crippen LogP contribution in [0.25, 0.3) is 10.9 Å². The first-order valence-electron chi connectivity index (χ1n) is 13.0. The molecule has 2 aliphatic rings. The third kappa shape index (κ3) is 4.62. The second-order valence-corrected chi connectivity index (χ2v) is 11.7. The van der Waals surface area contributed by atoms with Gasteiger partial charge < -0.3 is 29.2 Å². The lowest BCUT2D eigenvalue weighted by atomic mass is 10.0. The van der Waals surface area contributed by atoms with Crippen molar-refractivity contribution in [2.45, 2.75) is 50.6 Å². The molecule has 2 aromatic carbocycles. The Hall–Kier alpha value is -3.28. The summed E-state index contributed by atoms with van der Waals surface area (Å²) in [5, 5.41) is 12.8. The first-order chi connectivity index (χ1) is 18.6. The number of hydrogen-bond donors (Lipinski definition) is 2. The van der Waals surface area contributed by atoms with E-state index in [1.807, 2.05) is 48.3 Å². The molecular weight excluding hydrogens is 523 g/mol. The molecule has 1 aliphatic heterocycles. The quantitative estimate of drug-likeness (QED) is 0.419. The van der Waals surface area contributed by atoms with Gasteiger partial charge in [-0.2, -0.15) is 0 Å². The highest BCUT2D eigenvalue weighted by atomic mass is 32.2. The fraction of sp³-hybridized carbons (Fsp3) is 0.429. The smallest absolute Gasteiger partial charge is 0.341 e. The second kappa shape index (κ2) is 10.4. The van der Waals surface area contributed by atoms with Crippen molar-refractivity contribution >= 4 is 39.6 Å². The number of methoxy groups -OCH3 is 1. The van der Waals surface area contributed by atoms with E-state index < -0.39 is 28.6 Å². The number of benzene rings is 2. The molecule has 9 nitrogen and oxygen atoms in total. The minimum absolute atomic E-state index is 0.0220. The van der Waals surface area contributed by atoms with Crippen molar-refractivity contribution in [2.24, 2.45) is 0 Å². The van der Waals surface area contributed by atoms with Crippen LogP contribution in [0, 0.1) is 19.7 Å². The number of nitrogens with one attached hydrogen (secondary N) is 1. The number of hydrogen-bond acceptors (Lipinski definition) is 7. The van der Waals surface area contributed by atoms with Crippen LogP contribution >= 0.6 is 0 Å². The number of halogens is 1. The Bertz CT molecular complexity index is 1520. The van der Waals surface area contributed by atoms with Crippen LogP contribution in [0.15, 0.2) is 34.1 Å². The molecule has 0 spiro atoms. The number of carboxylic acid groups (broad SMARTS) is 1. The molecule has 1 aliphatic carbocycles. The molecule has 0 bridgehead atoms. The zero-order valence-corrected chi connectivity index (χ0v) is 23.5. The van der Waals surface area contributed by atoms with Crippen molar-refractivity contribution in [2.75, 3.05) is 44.0 Å². The molecule has 0 amide bonds. The van der Waals surface area contributed by atoms with E-state index in [0.717, 1.165) is 24.1 Å². The molecule has 2 unspecified atom stereocenters. The summed E-state index contributed by atoms with van der Waals surface area (Å²) in [6, 6.07) is 5.53. The number of piperazine rings is 1. The van der Waals surface area contributed by atoms with Gasteiger partial charge in [0, 0.05) is 49.7 Å². The topological polar surface area (TPSA) is 110 Å². The molecular formula is C28H33FN4O5S. The van der Waals surface area contributed by atoms with Crippen LogP contribution in [0.2, 0.25) is 0 Å². The van der Waals surface area contributed by atoms with E-state index in [-0.39, 0.29) is 40.0 Å². The third-order valence-electron chi connectivity index (χ3n) is 7.72. The molecule has 5 rings (SSSR count). The standard InChI is InChI=1S/C28H33FN4O5S/c1-15-12-19(8-9-21(15)30-4)39(37)33-11-10-31(13-16(33)2)25-23(29)17(3)22-24(27(25)38-5)32(18-6-7-18)14-20(26(22)34)28(35)36/h8-9,12,14,16,18,30H,6-7,10-11,13H2,1-5H3,(H,35,36). The van der Waals surface area contributed by atoms with E-state index in [2.05, 4.69) is 5.32 Å². The number of aromatic nitrogens is 1. The summed E-state index contributed by atoms with van der Waals surface area (Å²) in [4.78, 5) is 27.6. The SMILES string of the molecule is CNc1ccc([S+]([O-])N2CCN(c3c(F)c(C)c4c(=O)c(C(=O)O)cn(C5CC5)c4c3OC)CC2C)cc1C. The van der Waals surface area contributed by atoms with Gasteiger partial charge in [0.05, 0.1) is 42.0 Å². The maximum atomic E-state index is 16.1. The van der Waals surface area contributed by atoms with E-state index in [9.17, 15) is 19.2 Å². The monoisotopic (exact) mass is 556 g/mol. The fourth-order valence-corrected chi connectivity index (χ4v) is 6.91. The molecule has 0 radical (unpaired) electrons. The molecule has 2 heterocycles. The molecule has 1 saturated carbocycles. The van der Waals surface area contributed by atoms with Gasteiger partial charge in [0.2, 0.25) is 5.43 Å². The molecule has 11 heteroatoms. The van der Waals surface area contributed by atoms with Gasteiger partial charge in [0.15, 0.2) is 16.5 Å². The predicted octanol–water partition coefficient (Wildman–Crippen LogP) is 4.07. The van der Waals surface area contributed by atoms with Gasteiger partial charge in [-0.3, -0.25) is 4.79 Å². The van der Waals surface area contributed by atoms with Gasteiger partial charge in [0.1, 0.15) is 11.3 Å². The average Bonchev–Trinajstić information content (AvgIpc) is 3.75. The number of ether oxygens (including phenoxy) is 1. The van der Waals surface area contributed by atoms with Crippen molar-refractivity contribution in [3.05, 3.63) is 57.1 Å². The zero-order valence-electron chi connectivity index (χ0n) is 22.7. The van der Waals surface area contributed by atoms with Gasteiger partial charge >= 0.3 is 5.97 Å². The van der Waals surface area contributed by atoms with Crippen LogP contribution in [-0.4, -0.2) is 64.3 Å². The number of aryl methyl sites for hydroxylation is 2. The van der Waals surface area contributed by atoms with E-state index in [1.165, 1.54) is 20.2 Å². The summed E-state index contributed by atoms with van der Waals surface area (Å²) in [7, 11) is 3.28. The van der Waals surface area contributed by atoms with Gasteiger partial charge in [-0.05, 0) is 51.3 Å². The van der Waals surface area contributed by atoms with E-state index in [1.54, 1.807) is 4.57 Å². The van der Waals surface area contributed by atoms with Gasteiger partial charge in [0.25, 0.3) is 0 Å². The van der Waals surface area contributed by atoms with Crippen LogP contribution in [-0.2, 0) is 11.4 Å². The average molecular weight is 557 g/mol. The Labute approximate surface area is 229 Å². The Morgan fingerprint density at radius 3 is 2.54 bits per heavy atom. The Morgan fingerprint density at radius 1 is 1.26 bits per heavy atom. The highest BCUT2D eigenvalue weighted by molar-refractivity contribution is 7.89. The molecule has 2 fully saturated rings. The summed E-state index contributed by atoms with van der Waals surface area (Å²) in [5.41, 5.74) is 1.64. The third-order valence-corrected chi connectivity index (χ3v) is 9.34. The number of nitrogens with zero attached hydrogens (tertiary/aromatic N) is 3. The number of carbonyl (C=O) groups is 1. The second-order valence-electron chi connectivity index (χ2n) is 10.3. The van der Waals surface area contributed by atoms with Gasteiger partial charge in [-0.15, -0.1) is 4.31 Å². The normalized spacial score (nSPS) is 18.8. The molecule has 3 aromatic rings. The lowest BCUT2D eigenvalue weighted by molar-refractivity contribution is 0.0694. The largest absolute Gasteiger partial charge is 0.593 e. The highest BCUT2D eigenvalue weighted by Crippen LogP contribution is 2.45. The number of rotatable bonds is 7. The maximum Gasteiger partial charge on any atom is 0.341 e. The minimum Gasteiger partial charge on any atom is -0.593 e. The Balaban J connectivity index is 1.55. The molecule has 208 valence electrons. The Kier molecular flexibility index (Phi) is 7.25. The van der Waals surface area contributed by atoms with Crippen LogP contribution in [0.3, 0.4) is 0 Å². The van der Waals surface area contributed by atoms with E-state index >= 15 is 4.39 Å². The van der Waals surface area contributed by atoms with Crippen molar-refractivity contribution in [3.8, 4) is 5.75 Å². The summed E-state index contributed by atoms with van der Waals surface area (Å²) in [6.07, 6.45) is 3.03. The van der Waals surface area contributed by atoms with Crippen molar-refractivity contribution in [3.63, 3.8) is 0 Å². The molecule has 2 atom stereocenters. The lowest BCUT2D eigenvalue weighted by Crippen LogP contribution is -2.54. The highest BCUT2D eigenvalue weighted by Gasteiger charge is 2.38.